The van der Waals surface area contributed by atoms with Crippen molar-refractivity contribution in [2.75, 3.05) is 26.4 Å². The summed E-state index contributed by atoms with van der Waals surface area (Å²) in [5, 5.41) is 18.3. The first-order chi connectivity index (χ1) is 16.7. The van der Waals surface area contributed by atoms with Gasteiger partial charge in [0.25, 0.3) is 0 Å². The van der Waals surface area contributed by atoms with Crippen LogP contribution < -0.4 is 0 Å². The van der Waals surface area contributed by atoms with Gasteiger partial charge in [0.2, 0.25) is 0 Å². The summed E-state index contributed by atoms with van der Waals surface area (Å²) >= 11 is 0. The van der Waals surface area contributed by atoms with Crippen molar-refractivity contribution in [3.05, 3.63) is 24.3 Å². The largest absolute Gasteiger partial charge is 0.462 e. The minimum absolute atomic E-state index is 0.00649. The van der Waals surface area contributed by atoms with Crippen LogP contribution in [-0.2, 0) is 19.1 Å². The van der Waals surface area contributed by atoms with Crippen molar-refractivity contribution >= 4 is 11.9 Å². The van der Waals surface area contributed by atoms with E-state index in [9.17, 15) is 9.59 Å². The lowest BCUT2D eigenvalue weighted by atomic mass is 9.64. The topological polar surface area (TPSA) is 93.1 Å². The van der Waals surface area contributed by atoms with Crippen LogP contribution >= 0.6 is 0 Å². The lowest BCUT2D eigenvalue weighted by molar-refractivity contribution is -0.153. The number of rotatable bonds is 14. The highest BCUT2D eigenvalue weighted by atomic mass is 16.5. The predicted octanol–water partition coefficient (Wildman–Crippen LogP) is 5.37. The predicted molar refractivity (Wildman–Crippen MR) is 138 cm³/mol. The van der Waals surface area contributed by atoms with Crippen molar-refractivity contribution in [2.45, 2.75) is 90.9 Å². The van der Waals surface area contributed by atoms with E-state index in [-0.39, 0.29) is 30.3 Å². The summed E-state index contributed by atoms with van der Waals surface area (Å²) in [6, 6.07) is 0. The lowest BCUT2D eigenvalue weighted by Gasteiger charge is -2.43. The number of carbonyl (C=O) groups is 2. The number of ether oxygens (including phenoxy) is 2. The fraction of sp³-hybridized carbons (Fsp3) is 0.793. The van der Waals surface area contributed by atoms with Gasteiger partial charge >= 0.3 is 11.9 Å². The van der Waals surface area contributed by atoms with Gasteiger partial charge in [0.05, 0.1) is 24.4 Å². The molecule has 0 spiro atoms. The molecule has 2 rings (SSSR count). The van der Waals surface area contributed by atoms with Gasteiger partial charge in [-0.25, -0.2) is 9.59 Å². The molecule has 6 nitrogen and oxygen atoms in total. The van der Waals surface area contributed by atoms with Crippen molar-refractivity contribution in [1.29, 1.82) is 0 Å². The van der Waals surface area contributed by atoms with Gasteiger partial charge in [-0.05, 0) is 62.2 Å². The molecule has 2 saturated carbocycles. The van der Waals surface area contributed by atoms with E-state index in [0.717, 1.165) is 43.4 Å². The van der Waals surface area contributed by atoms with Gasteiger partial charge in [-0.15, -0.1) is 0 Å². The Hall–Kier alpha value is -1.66. The second kappa shape index (κ2) is 14.8. The molecular formula is C29H48O6. The molecule has 2 aliphatic rings. The van der Waals surface area contributed by atoms with Crippen molar-refractivity contribution in [2.24, 2.45) is 29.1 Å². The summed E-state index contributed by atoms with van der Waals surface area (Å²) < 4.78 is 10.9. The third-order valence-corrected chi connectivity index (χ3v) is 8.56. The molecule has 0 atom stereocenters. The number of hydrogen-bond acceptors (Lipinski definition) is 6. The first-order valence-electron chi connectivity index (χ1n) is 13.7. The summed E-state index contributed by atoms with van der Waals surface area (Å²) in [7, 11) is 0. The van der Waals surface area contributed by atoms with Crippen molar-refractivity contribution < 1.29 is 29.3 Å². The molecule has 0 amide bonds. The van der Waals surface area contributed by atoms with Crippen LogP contribution in [0.15, 0.2) is 24.3 Å². The molecular weight excluding hydrogens is 444 g/mol. The number of unbranched alkanes of at least 4 members (excludes halogenated alkanes) is 2. The Bertz CT molecular complexity index is 666. The Morgan fingerprint density at radius 3 is 1.69 bits per heavy atom. The molecule has 0 saturated heterocycles. The molecule has 6 heteroatoms. The standard InChI is InChI=1S/C29H48O6/c1-5-6-7-8-23-9-11-24(12-10-23)25-13-15-26(16-14-25)29(4,19-34-27(32)21(2)17-30)20-35-28(33)22(3)18-31/h23-26,30-31H,2-3,5-20H2,1,4H3. The fourth-order valence-electron chi connectivity index (χ4n) is 5.99. The molecule has 0 aromatic rings. The van der Waals surface area contributed by atoms with Crippen molar-refractivity contribution in [3.8, 4) is 0 Å². The van der Waals surface area contributed by atoms with Gasteiger partial charge < -0.3 is 19.7 Å². The molecule has 2 aliphatic carbocycles. The molecule has 35 heavy (non-hydrogen) atoms. The van der Waals surface area contributed by atoms with Crippen LogP contribution in [0.3, 0.4) is 0 Å². The van der Waals surface area contributed by atoms with Gasteiger partial charge in [-0.1, -0.05) is 65.5 Å². The average Bonchev–Trinajstić information content (AvgIpc) is 2.90. The zero-order valence-corrected chi connectivity index (χ0v) is 22.1. The van der Waals surface area contributed by atoms with Gasteiger partial charge in [0, 0.05) is 5.41 Å². The van der Waals surface area contributed by atoms with E-state index in [1.807, 2.05) is 6.92 Å². The zero-order chi connectivity index (χ0) is 25.8. The van der Waals surface area contributed by atoms with Gasteiger partial charge in [-0.2, -0.15) is 0 Å². The normalized spacial score (nSPS) is 25.0. The fourth-order valence-corrected chi connectivity index (χ4v) is 5.99. The van der Waals surface area contributed by atoms with Crippen molar-refractivity contribution in [1.82, 2.24) is 0 Å². The molecule has 0 aromatic heterocycles. The average molecular weight is 493 g/mol. The summed E-state index contributed by atoms with van der Waals surface area (Å²) in [5.41, 5.74) is -0.544. The van der Waals surface area contributed by atoms with Crippen LogP contribution in [0.2, 0.25) is 0 Å². The molecule has 0 aliphatic heterocycles. The highest BCUT2D eigenvalue weighted by Crippen LogP contribution is 2.46. The summed E-state index contributed by atoms with van der Waals surface area (Å²) in [4.78, 5) is 24.3. The van der Waals surface area contributed by atoms with E-state index in [1.54, 1.807) is 0 Å². The second-order valence-electron chi connectivity index (χ2n) is 11.2. The highest BCUT2D eigenvalue weighted by molar-refractivity contribution is 5.88. The smallest absolute Gasteiger partial charge is 0.335 e. The molecule has 200 valence electrons. The highest BCUT2D eigenvalue weighted by Gasteiger charge is 2.41. The monoisotopic (exact) mass is 492 g/mol. The van der Waals surface area contributed by atoms with Gasteiger partial charge in [0.15, 0.2) is 0 Å². The van der Waals surface area contributed by atoms with E-state index >= 15 is 0 Å². The second-order valence-corrected chi connectivity index (χ2v) is 11.2. The van der Waals surface area contributed by atoms with Crippen LogP contribution in [0.4, 0.5) is 0 Å². The summed E-state index contributed by atoms with van der Waals surface area (Å²) in [5.74, 6) is 1.48. The van der Waals surface area contributed by atoms with Crippen LogP contribution in [0, 0.1) is 29.1 Å². The number of carbonyl (C=O) groups excluding carboxylic acids is 2. The summed E-state index contributed by atoms with van der Waals surface area (Å²) in [6.07, 6.45) is 15.2. The van der Waals surface area contributed by atoms with E-state index < -0.39 is 30.6 Å². The van der Waals surface area contributed by atoms with Gasteiger partial charge in [0.1, 0.15) is 13.2 Å². The Kier molecular flexibility index (Phi) is 12.5. The van der Waals surface area contributed by atoms with E-state index in [1.165, 1.54) is 51.4 Å². The lowest BCUT2D eigenvalue weighted by Crippen LogP contribution is -2.41. The maximum atomic E-state index is 12.1. The molecule has 0 heterocycles. The minimum Gasteiger partial charge on any atom is -0.462 e. The molecule has 0 bridgehead atoms. The quantitative estimate of drug-likeness (QED) is 0.192. The zero-order valence-electron chi connectivity index (χ0n) is 22.1. The Morgan fingerprint density at radius 2 is 1.26 bits per heavy atom. The number of hydrogen-bond donors (Lipinski definition) is 2. The maximum absolute atomic E-state index is 12.1. The van der Waals surface area contributed by atoms with Crippen LogP contribution in [0.25, 0.3) is 0 Å². The third-order valence-electron chi connectivity index (χ3n) is 8.56. The first kappa shape index (κ1) is 29.6. The summed E-state index contributed by atoms with van der Waals surface area (Å²) in [6.45, 7) is 10.6. The number of aliphatic hydroxyl groups is 2. The van der Waals surface area contributed by atoms with E-state index in [0.29, 0.717) is 0 Å². The van der Waals surface area contributed by atoms with Gasteiger partial charge in [-0.3, -0.25) is 0 Å². The first-order valence-corrected chi connectivity index (χ1v) is 13.7. The third kappa shape index (κ3) is 9.05. The van der Waals surface area contributed by atoms with Crippen LogP contribution in [0.5, 0.6) is 0 Å². The van der Waals surface area contributed by atoms with Crippen molar-refractivity contribution in [3.63, 3.8) is 0 Å². The number of aliphatic hydroxyl groups excluding tert-OH is 2. The molecule has 0 unspecified atom stereocenters. The molecule has 0 radical (unpaired) electrons. The number of esters is 2. The molecule has 2 fully saturated rings. The maximum Gasteiger partial charge on any atom is 0.335 e. The SMILES string of the molecule is C=C(CO)C(=O)OCC(C)(COC(=O)C(=C)CO)C1CCC(C2CCC(CCCCC)CC2)CC1. The molecule has 2 N–H and O–H groups in total. The Labute approximate surface area is 212 Å². The van der Waals surface area contributed by atoms with Crippen LogP contribution in [0.1, 0.15) is 90.9 Å². The molecule has 0 aromatic carbocycles. The Morgan fingerprint density at radius 1 is 0.800 bits per heavy atom. The Balaban J connectivity index is 1.92. The van der Waals surface area contributed by atoms with E-state index in [2.05, 4.69) is 20.1 Å². The van der Waals surface area contributed by atoms with E-state index in [4.69, 9.17) is 19.7 Å². The van der Waals surface area contributed by atoms with Crippen LogP contribution in [-0.4, -0.2) is 48.6 Å². The minimum atomic E-state index is -0.630.